The molecule has 0 amide bonds. The van der Waals surface area contributed by atoms with Gasteiger partial charge < -0.3 is 10.4 Å². The lowest BCUT2D eigenvalue weighted by molar-refractivity contribution is -0.136. The van der Waals surface area contributed by atoms with Crippen LogP contribution < -0.4 is 5.32 Å². The van der Waals surface area contributed by atoms with Crippen LogP contribution in [-0.2, 0) is 17.8 Å². The molecule has 1 heterocycles. The van der Waals surface area contributed by atoms with Crippen molar-refractivity contribution in [1.82, 2.24) is 5.32 Å². The molecule has 94 valence electrons. The maximum absolute atomic E-state index is 10.6. The van der Waals surface area contributed by atoms with E-state index in [4.69, 9.17) is 5.11 Å². The zero-order chi connectivity index (χ0) is 12.3. The third-order valence-electron chi connectivity index (χ3n) is 3.16. The maximum atomic E-state index is 10.6. The van der Waals surface area contributed by atoms with Crippen LogP contribution in [0.3, 0.4) is 0 Å². The van der Waals surface area contributed by atoms with Gasteiger partial charge in [0.15, 0.2) is 0 Å². The highest BCUT2D eigenvalue weighted by Crippen LogP contribution is 2.34. The number of rotatable bonds is 7. The highest BCUT2D eigenvalue weighted by Gasteiger charge is 2.35. The van der Waals surface area contributed by atoms with Crippen LogP contribution in [0.4, 0.5) is 0 Å². The largest absolute Gasteiger partial charge is 0.481 e. The summed E-state index contributed by atoms with van der Waals surface area (Å²) in [4.78, 5) is 12.7. The average Bonchev–Trinajstić information content (AvgIpc) is 2.85. The van der Waals surface area contributed by atoms with E-state index < -0.39 is 5.97 Å². The van der Waals surface area contributed by atoms with Crippen LogP contribution in [0.25, 0.3) is 0 Å². The summed E-state index contributed by atoms with van der Waals surface area (Å²) in [5.74, 6) is 0.120. The van der Waals surface area contributed by atoms with E-state index in [1.165, 1.54) is 24.1 Å². The van der Waals surface area contributed by atoms with Gasteiger partial charge >= 0.3 is 5.97 Å². The second-order valence-corrected chi connectivity index (χ2v) is 5.96. The predicted molar refractivity (Wildman–Crippen MR) is 69.3 cm³/mol. The predicted octanol–water partition coefficient (Wildman–Crippen LogP) is 2.65. The fraction of sp³-hybridized carbons (Fsp3) is 0.615. The van der Waals surface area contributed by atoms with Crippen LogP contribution in [0.1, 0.15) is 35.9 Å². The Labute approximate surface area is 106 Å². The van der Waals surface area contributed by atoms with Crippen LogP contribution in [0.2, 0.25) is 0 Å². The van der Waals surface area contributed by atoms with Gasteiger partial charge in [-0.15, -0.1) is 11.3 Å². The Morgan fingerprint density at radius 1 is 1.53 bits per heavy atom. The van der Waals surface area contributed by atoms with Crippen molar-refractivity contribution in [3.8, 4) is 0 Å². The molecule has 1 saturated carbocycles. The molecule has 0 bridgehead atoms. The van der Waals surface area contributed by atoms with E-state index in [0.717, 1.165) is 17.3 Å². The van der Waals surface area contributed by atoms with Crippen molar-refractivity contribution in [2.75, 3.05) is 0 Å². The Balaban J connectivity index is 1.73. The van der Waals surface area contributed by atoms with Crippen molar-refractivity contribution in [2.45, 2.75) is 45.2 Å². The molecule has 1 fully saturated rings. The Bertz CT molecular complexity index is 389. The van der Waals surface area contributed by atoms with Crippen LogP contribution >= 0.6 is 11.3 Å². The van der Waals surface area contributed by atoms with Gasteiger partial charge in [0, 0.05) is 22.3 Å². The van der Waals surface area contributed by atoms with Gasteiger partial charge in [0.1, 0.15) is 0 Å². The third-order valence-corrected chi connectivity index (χ3v) is 4.25. The monoisotopic (exact) mass is 253 g/mol. The van der Waals surface area contributed by atoms with Crippen molar-refractivity contribution >= 4 is 17.3 Å². The molecule has 1 aromatic rings. The Kier molecular flexibility index (Phi) is 4.18. The van der Waals surface area contributed by atoms with Gasteiger partial charge in [-0.3, -0.25) is 4.79 Å². The first-order chi connectivity index (χ1) is 8.19. The molecular weight excluding hydrogens is 234 g/mol. The molecule has 0 radical (unpaired) electrons. The van der Waals surface area contributed by atoms with Crippen LogP contribution in [0.5, 0.6) is 0 Å². The van der Waals surface area contributed by atoms with E-state index in [9.17, 15) is 4.79 Å². The molecule has 2 rings (SSSR count). The fourth-order valence-corrected chi connectivity index (χ4v) is 3.14. The molecule has 0 aliphatic heterocycles. The Morgan fingerprint density at radius 2 is 2.29 bits per heavy atom. The van der Waals surface area contributed by atoms with Crippen LogP contribution in [-0.4, -0.2) is 17.1 Å². The van der Waals surface area contributed by atoms with Crippen molar-refractivity contribution in [3.05, 3.63) is 21.9 Å². The Hall–Kier alpha value is -0.870. The summed E-state index contributed by atoms with van der Waals surface area (Å²) >= 11 is 1.60. The third kappa shape index (κ3) is 3.82. The van der Waals surface area contributed by atoms with Gasteiger partial charge in [0.2, 0.25) is 0 Å². The molecule has 2 atom stereocenters. The number of hydrogen-bond donors (Lipinski definition) is 2. The minimum atomic E-state index is -0.753. The van der Waals surface area contributed by atoms with Gasteiger partial charge in [0.05, 0.1) is 6.42 Å². The average molecular weight is 253 g/mol. The van der Waals surface area contributed by atoms with E-state index in [0.29, 0.717) is 6.04 Å². The first kappa shape index (κ1) is 12.6. The zero-order valence-corrected chi connectivity index (χ0v) is 10.9. The lowest BCUT2D eigenvalue weighted by Gasteiger charge is -2.01. The topological polar surface area (TPSA) is 49.3 Å². The van der Waals surface area contributed by atoms with Crippen molar-refractivity contribution in [2.24, 2.45) is 5.92 Å². The quantitative estimate of drug-likeness (QED) is 0.785. The number of hydrogen-bond acceptors (Lipinski definition) is 3. The van der Waals surface area contributed by atoms with Gasteiger partial charge in [-0.25, -0.2) is 0 Å². The lowest BCUT2D eigenvalue weighted by Crippen LogP contribution is -2.16. The highest BCUT2D eigenvalue weighted by atomic mass is 32.1. The molecule has 1 aliphatic rings. The molecule has 0 aromatic carbocycles. The number of aliphatic carboxylic acids is 1. The smallest absolute Gasteiger partial charge is 0.308 e. The van der Waals surface area contributed by atoms with E-state index in [-0.39, 0.29) is 6.42 Å². The van der Waals surface area contributed by atoms with Gasteiger partial charge in [0.25, 0.3) is 0 Å². The summed E-state index contributed by atoms with van der Waals surface area (Å²) in [6.07, 6.45) is 4.05. The van der Waals surface area contributed by atoms with Crippen LogP contribution in [0, 0.1) is 5.92 Å². The summed E-state index contributed by atoms with van der Waals surface area (Å²) in [5.41, 5.74) is 0. The summed E-state index contributed by atoms with van der Waals surface area (Å²) in [7, 11) is 0. The molecule has 4 heteroatoms. The summed E-state index contributed by atoms with van der Waals surface area (Å²) < 4.78 is 0. The molecule has 0 saturated heterocycles. The van der Waals surface area contributed by atoms with Gasteiger partial charge in [-0.05, 0) is 30.9 Å². The fourth-order valence-electron chi connectivity index (χ4n) is 2.18. The Morgan fingerprint density at radius 3 is 3.00 bits per heavy atom. The molecule has 3 nitrogen and oxygen atoms in total. The molecule has 1 aliphatic carbocycles. The molecule has 1 aromatic heterocycles. The molecular formula is C13H19NO2S. The number of thiophene rings is 1. The van der Waals surface area contributed by atoms with Crippen molar-refractivity contribution in [3.63, 3.8) is 0 Å². The number of carboxylic acids is 1. The van der Waals surface area contributed by atoms with E-state index in [1.807, 2.05) is 12.1 Å². The standard InChI is InChI=1S/C13H19NO2S/c1-2-3-9-6-12(9)14-8-11-5-4-10(17-11)7-13(15)16/h4-5,9,12,14H,2-3,6-8H2,1H3,(H,15,16). The summed E-state index contributed by atoms with van der Waals surface area (Å²) in [5, 5.41) is 12.2. The normalized spacial score (nSPS) is 22.6. The molecule has 0 spiro atoms. The second kappa shape index (κ2) is 5.65. The van der Waals surface area contributed by atoms with E-state index in [2.05, 4.69) is 12.2 Å². The molecule has 2 unspecified atom stereocenters. The van der Waals surface area contributed by atoms with Gasteiger partial charge in [-0.1, -0.05) is 13.3 Å². The molecule has 2 N–H and O–H groups in total. The number of carbonyl (C=O) groups is 1. The summed E-state index contributed by atoms with van der Waals surface area (Å²) in [6, 6.07) is 4.65. The minimum Gasteiger partial charge on any atom is -0.481 e. The lowest BCUT2D eigenvalue weighted by atomic mass is 10.2. The number of nitrogens with one attached hydrogen (secondary N) is 1. The number of carboxylic acid groups (broad SMARTS) is 1. The van der Waals surface area contributed by atoms with Crippen molar-refractivity contribution < 1.29 is 9.90 Å². The first-order valence-electron chi connectivity index (χ1n) is 6.21. The van der Waals surface area contributed by atoms with E-state index >= 15 is 0 Å². The summed E-state index contributed by atoms with van der Waals surface area (Å²) in [6.45, 7) is 3.11. The SMILES string of the molecule is CCCC1CC1NCc1ccc(CC(=O)O)s1. The highest BCUT2D eigenvalue weighted by molar-refractivity contribution is 7.12. The van der Waals surface area contributed by atoms with Crippen LogP contribution in [0.15, 0.2) is 12.1 Å². The molecule has 17 heavy (non-hydrogen) atoms. The minimum absolute atomic E-state index is 0.145. The van der Waals surface area contributed by atoms with Crippen molar-refractivity contribution in [1.29, 1.82) is 0 Å². The maximum Gasteiger partial charge on any atom is 0.308 e. The first-order valence-corrected chi connectivity index (χ1v) is 7.03. The van der Waals surface area contributed by atoms with E-state index in [1.54, 1.807) is 11.3 Å². The second-order valence-electron chi connectivity index (χ2n) is 4.71. The van der Waals surface area contributed by atoms with Gasteiger partial charge in [-0.2, -0.15) is 0 Å². The zero-order valence-electron chi connectivity index (χ0n) is 10.1.